The van der Waals surface area contributed by atoms with Crippen molar-refractivity contribution < 1.29 is 75.8 Å². The van der Waals surface area contributed by atoms with Crippen LogP contribution in [0.4, 0.5) is 0 Å². The summed E-state index contributed by atoms with van der Waals surface area (Å²) < 4.78 is 60.0. The molecular formula is C32H47NO16P2. The molecule has 51 heavy (non-hydrogen) atoms. The molecule has 0 aromatic heterocycles. The van der Waals surface area contributed by atoms with E-state index in [0.29, 0.717) is 25.7 Å². The number of benzene rings is 2. The average Bonchev–Trinajstić information content (AvgIpc) is 3.10. The van der Waals surface area contributed by atoms with Gasteiger partial charge in [-0.15, -0.1) is 0 Å². The normalized spacial score (nSPS) is 15.6. The van der Waals surface area contributed by atoms with Crippen LogP contribution in [0.1, 0.15) is 43.7 Å². The molecule has 2 aromatic rings. The van der Waals surface area contributed by atoms with E-state index < -0.39 is 97.5 Å². The van der Waals surface area contributed by atoms with Crippen molar-refractivity contribution in [1.82, 2.24) is 0 Å². The highest BCUT2D eigenvalue weighted by Gasteiger charge is 2.33. The summed E-state index contributed by atoms with van der Waals surface area (Å²) in [5.41, 5.74) is 7.54. The van der Waals surface area contributed by atoms with Crippen molar-refractivity contribution in [3.8, 4) is 0 Å². The van der Waals surface area contributed by atoms with Gasteiger partial charge in [-0.25, -0.2) is 9.13 Å². The molecule has 0 spiro atoms. The lowest BCUT2D eigenvalue weighted by molar-refractivity contribution is -0.154. The summed E-state index contributed by atoms with van der Waals surface area (Å²) in [4.78, 5) is 57.3. The monoisotopic (exact) mass is 763 g/mol. The standard InChI is InChI=1S/C32H47NO16P2/c1-24(33)32(38)48-28(22-46-50(39,40)45-19-27(35)18-34)23-47-51(41,42)49-29(20-43-30(36)16-8-14-25-10-4-2-5-11-25)21-44-31(37)17-9-15-26-12-6-3-7-13-26/h2-7,10-13,24,27-29,34-35H,8-9,14-23,33H2,1H3,(H,39,40)(H,41,42). The highest BCUT2D eigenvalue weighted by molar-refractivity contribution is 7.47. The van der Waals surface area contributed by atoms with Crippen molar-refractivity contribution in [3.63, 3.8) is 0 Å². The van der Waals surface area contributed by atoms with Gasteiger partial charge in [0.2, 0.25) is 0 Å². The predicted molar refractivity (Wildman–Crippen MR) is 180 cm³/mol. The van der Waals surface area contributed by atoms with Gasteiger partial charge in [0.25, 0.3) is 0 Å². The van der Waals surface area contributed by atoms with Crippen molar-refractivity contribution in [2.45, 2.75) is 69.8 Å². The Morgan fingerprint density at radius 1 is 0.706 bits per heavy atom. The van der Waals surface area contributed by atoms with Crippen LogP contribution in [0.25, 0.3) is 0 Å². The lowest BCUT2D eigenvalue weighted by Gasteiger charge is -2.24. The van der Waals surface area contributed by atoms with Crippen LogP contribution >= 0.6 is 15.6 Å². The fourth-order valence-electron chi connectivity index (χ4n) is 4.02. The zero-order valence-corrected chi connectivity index (χ0v) is 30.0. The molecule has 0 radical (unpaired) electrons. The van der Waals surface area contributed by atoms with Crippen LogP contribution in [0.3, 0.4) is 0 Å². The molecule has 0 amide bonds. The Morgan fingerprint density at radius 2 is 1.16 bits per heavy atom. The number of phosphoric acid groups is 2. The van der Waals surface area contributed by atoms with Crippen molar-refractivity contribution in [2.75, 3.05) is 39.6 Å². The Morgan fingerprint density at radius 3 is 1.61 bits per heavy atom. The molecule has 19 heteroatoms. The van der Waals surface area contributed by atoms with Gasteiger partial charge >= 0.3 is 33.6 Å². The Labute approximate surface area is 296 Å². The maximum Gasteiger partial charge on any atom is 0.472 e. The van der Waals surface area contributed by atoms with E-state index in [1.54, 1.807) is 0 Å². The number of aliphatic hydroxyl groups excluding tert-OH is 2. The second-order valence-corrected chi connectivity index (χ2v) is 14.1. The summed E-state index contributed by atoms with van der Waals surface area (Å²) in [6, 6.07) is 17.7. The molecule has 17 nitrogen and oxygen atoms in total. The minimum atomic E-state index is -5.09. The quantitative estimate of drug-likeness (QED) is 0.0523. The second-order valence-electron chi connectivity index (χ2n) is 11.3. The number of aryl methyl sites for hydroxylation is 2. The maximum absolute atomic E-state index is 13.0. The first-order valence-electron chi connectivity index (χ1n) is 16.1. The van der Waals surface area contributed by atoms with Crippen molar-refractivity contribution >= 4 is 33.6 Å². The minimum absolute atomic E-state index is 0.0260. The molecule has 0 fully saturated rings. The van der Waals surface area contributed by atoms with Crippen molar-refractivity contribution in [2.24, 2.45) is 5.73 Å². The lowest BCUT2D eigenvalue weighted by atomic mass is 10.1. The van der Waals surface area contributed by atoms with E-state index in [1.807, 2.05) is 60.7 Å². The van der Waals surface area contributed by atoms with Crippen LogP contribution in [0.15, 0.2) is 60.7 Å². The zero-order valence-electron chi connectivity index (χ0n) is 28.2. The van der Waals surface area contributed by atoms with Crippen LogP contribution in [0, 0.1) is 0 Å². The van der Waals surface area contributed by atoms with Gasteiger partial charge in [0.15, 0.2) is 0 Å². The number of carbonyl (C=O) groups excluding carboxylic acids is 3. The lowest BCUT2D eigenvalue weighted by Crippen LogP contribution is -2.36. The molecule has 286 valence electrons. The van der Waals surface area contributed by atoms with Crippen molar-refractivity contribution in [1.29, 1.82) is 0 Å². The van der Waals surface area contributed by atoms with Gasteiger partial charge in [-0.2, -0.15) is 0 Å². The van der Waals surface area contributed by atoms with Crippen molar-refractivity contribution in [3.05, 3.63) is 71.8 Å². The van der Waals surface area contributed by atoms with Crippen LogP contribution in [0.2, 0.25) is 0 Å². The Balaban J connectivity index is 2.01. The first-order valence-corrected chi connectivity index (χ1v) is 19.1. The molecular weight excluding hydrogens is 716 g/mol. The van der Waals surface area contributed by atoms with Gasteiger partial charge < -0.3 is 39.9 Å². The summed E-state index contributed by atoms with van der Waals surface area (Å²) in [6.07, 6.45) is -2.38. The van der Waals surface area contributed by atoms with E-state index in [2.05, 4.69) is 4.52 Å². The van der Waals surface area contributed by atoms with Crippen LogP contribution in [0.5, 0.6) is 0 Å². The highest BCUT2D eigenvalue weighted by atomic mass is 31.2. The Hall–Kier alpha value is -3.05. The number of hydrogen-bond donors (Lipinski definition) is 5. The first kappa shape index (κ1) is 44.1. The third kappa shape index (κ3) is 20.5. The summed E-state index contributed by atoms with van der Waals surface area (Å²) in [6.45, 7) is -3.30. The number of esters is 3. The minimum Gasteiger partial charge on any atom is -0.463 e. The number of aliphatic hydroxyl groups is 2. The molecule has 6 N–H and O–H groups in total. The number of hydrogen-bond acceptors (Lipinski definition) is 15. The number of phosphoric ester groups is 2. The molecule has 0 aliphatic carbocycles. The zero-order chi connectivity index (χ0) is 37.7. The van der Waals surface area contributed by atoms with E-state index in [1.165, 1.54) is 6.92 Å². The van der Waals surface area contributed by atoms with E-state index in [-0.39, 0.29) is 12.8 Å². The van der Waals surface area contributed by atoms with Gasteiger partial charge in [-0.1, -0.05) is 60.7 Å². The third-order valence-corrected chi connectivity index (χ3v) is 8.65. The van der Waals surface area contributed by atoms with E-state index in [0.717, 1.165) is 11.1 Å². The number of ether oxygens (including phenoxy) is 3. The summed E-state index contributed by atoms with van der Waals surface area (Å²) in [5.74, 6) is -2.30. The van der Waals surface area contributed by atoms with Gasteiger partial charge in [0.05, 0.1) is 26.4 Å². The molecule has 2 aromatic carbocycles. The van der Waals surface area contributed by atoms with Crippen LogP contribution in [-0.4, -0.2) is 102 Å². The van der Waals surface area contributed by atoms with Gasteiger partial charge in [-0.05, 0) is 43.7 Å². The van der Waals surface area contributed by atoms with Crippen LogP contribution < -0.4 is 5.73 Å². The second kappa shape index (κ2) is 23.5. The fraction of sp³-hybridized carbons (Fsp3) is 0.531. The molecule has 0 saturated carbocycles. The fourth-order valence-corrected chi connectivity index (χ4v) is 5.72. The third-order valence-electron chi connectivity index (χ3n) is 6.66. The van der Waals surface area contributed by atoms with E-state index >= 15 is 0 Å². The van der Waals surface area contributed by atoms with Crippen LogP contribution in [-0.2, 0) is 68.7 Å². The number of rotatable bonds is 26. The molecule has 5 unspecified atom stereocenters. The average molecular weight is 764 g/mol. The SMILES string of the molecule is CC(N)C(=O)OC(COP(=O)(O)OCC(O)CO)COP(=O)(O)OC(COC(=O)CCCc1ccccc1)COC(=O)CCCc1ccccc1. The Bertz CT molecular complexity index is 1350. The Kier molecular flexibility index (Phi) is 20.3. The first-order chi connectivity index (χ1) is 24.2. The molecule has 0 aliphatic rings. The van der Waals surface area contributed by atoms with Gasteiger partial charge in [-0.3, -0.25) is 32.5 Å². The van der Waals surface area contributed by atoms with E-state index in [4.69, 9.17) is 38.6 Å². The molecule has 0 aliphatic heterocycles. The summed E-state index contributed by atoms with van der Waals surface area (Å²) >= 11 is 0. The number of nitrogens with two attached hydrogens (primary N) is 1. The molecule has 0 saturated heterocycles. The molecule has 5 atom stereocenters. The number of carbonyl (C=O) groups is 3. The van der Waals surface area contributed by atoms with Gasteiger partial charge in [0.1, 0.15) is 37.6 Å². The predicted octanol–water partition coefficient (Wildman–Crippen LogP) is 2.37. The molecule has 0 heterocycles. The van der Waals surface area contributed by atoms with E-state index in [9.17, 15) is 38.4 Å². The molecule has 2 rings (SSSR count). The molecule has 0 bridgehead atoms. The summed E-state index contributed by atoms with van der Waals surface area (Å²) in [5, 5.41) is 18.2. The largest absolute Gasteiger partial charge is 0.472 e. The van der Waals surface area contributed by atoms with Gasteiger partial charge in [0, 0.05) is 12.8 Å². The maximum atomic E-state index is 13.0. The highest BCUT2D eigenvalue weighted by Crippen LogP contribution is 2.46. The topological polar surface area (TPSA) is 257 Å². The summed E-state index contributed by atoms with van der Waals surface area (Å²) in [7, 11) is -9.96. The smallest absolute Gasteiger partial charge is 0.463 e.